The van der Waals surface area contributed by atoms with Gasteiger partial charge in [-0.15, -0.1) is 0 Å². The van der Waals surface area contributed by atoms with E-state index in [1.807, 2.05) is 48.9 Å². The third-order valence-electron chi connectivity index (χ3n) is 6.12. The smallest absolute Gasteiger partial charge is 0.251 e. The van der Waals surface area contributed by atoms with Gasteiger partial charge in [0.1, 0.15) is 6.61 Å². The lowest BCUT2D eigenvalue weighted by molar-refractivity contribution is 0.0961. The van der Waals surface area contributed by atoms with E-state index in [-0.39, 0.29) is 30.5 Å². The molecule has 0 spiro atoms. The number of nitrogens with zero attached hydrogens (tertiary/aromatic N) is 2. The van der Waals surface area contributed by atoms with Gasteiger partial charge in [-0.1, -0.05) is 48.5 Å². The molecule has 0 saturated carbocycles. The van der Waals surface area contributed by atoms with Crippen LogP contribution < -0.4 is 10.1 Å². The minimum Gasteiger partial charge on any atom is -0.486 e. The molecule has 0 bridgehead atoms. The zero-order chi connectivity index (χ0) is 25.7. The summed E-state index contributed by atoms with van der Waals surface area (Å²) in [6, 6.07) is 20.8. The second-order valence-corrected chi connectivity index (χ2v) is 8.60. The van der Waals surface area contributed by atoms with Gasteiger partial charge in [-0.3, -0.25) is 14.3 Å². The molecule has 0 radical (unpaired) electrons. The number of nitrogens with one attached hydrogen (secondary N) is 1. The molecule has 0 aliphatic rings. The van der Waals surface area contributed by atoms with Gasteiger partial charge in [0.2, 0.25) is 0 Å². The molecule has 6 nitrogen and oxygen atoms in total. The Kier molecular flexibility index (Phi) is 7.59. The van der Waals surface area contributed by atoms with Gasteiger partial charge >= 0.3 is 0 Å². The van der Waals surface area contributed by atoms with Crippen molar-refractivity contribution in [3.8, 4) is 5.75 Å². The van der Waals surface area contributed by atoms with Gasteiger partial charge in [-0.25, -0.2) is 4.39 Å². The number of Topliss-reactive ketones (excluding diaryl/α,β-unsaturated/α-hetero) is 1. The largest absolute Gasteiger partial charge is 0.486 e. The average molecular weight is 486 g/mol. The standard InChI is InChI=1S/C29H28FN3O3/c1-19-25(20(2)33(32-19)17-22-7-6-8-24(15-22)29(35)31-3)16-27(34)23-13-11-21(12-14-23)18-36-28-10-5-4-9-26(28)30/h4-15H,16-18H2,1-3H3,(H,31,35). The first-order valence-corrected chi connectivity index (χ1v) is 11.7. The maximum atomic E-state index is 13.7. The fourth-order valence-corrected chi connectivity index (χ4v) is 4.04. The van der Waals surface area contributed by atoms with Crippen molar-refractivity contribution in [2.45, 2.75) is 33.4 Å². The number of benzene rings is 3. The molecule has 0 aliphatic heterocycles. The highest BCUT2D eigenvalue weighted by Crippen LogP contribution is 2.20. The molecule has 7 heteroatoms. The van der Waals surface area contributed by atoms with Crippen LogP contribution in [0.4, 0.5) is 4.39 Å². The first-order valence-electron chi connectivity index (χ1n) is 11.7. The van der Waals surface area contributed by atoms with Crippen molar-refractivity contribution in [3.05, 3.63) is 118 Å². The summed E-state index contributed by atoms with van der Waals surface area (Å²) < 4.78 is 21.1. The Balaban J connectivity index is 1.42. The van der Waals surface area contributed by atoms with Crippen LogP contribution in [0, 0.1) is 19.7 Å². The maximum absolute atomic E-state index is 13.7. The molecule has 0 saturated heterocycles. The number of carbonyl (C=O) groups is 2. The Morgan fingerprint density at radius 3 is 2.42 bits per heavy atom. The van der Waals surface area contributed by atoms with Crippen LogP contribution in [0.5, 0.6) is 5.75 Å². The van der Waals surface area contributed by atoms with E-state index in [4.69, 9.17) is 4.74 Å². The molecule has 184 valence electrons. The molecule has 1 aromatic heterocycles. The number of rotatable bonds is 9. The second-order valence-electron chi connectivity index (χ2n) is 8.60. The van der Waals surface area contributed by atoms with Crippen LogP contribution >= 0.6 is 0 Å². The Morgan fingerprint density at radius 2 is 1.69 bits per heavy atom. The molecule has 0 aliphatic carbocycles. The topological polar surface area (TPSA) is 73.2 Å². The third kappa shape index (κ3) is 5.68. The highest BCUT2D eigenvalue weighted by atomic mass is 19.1. The van der Waals surface area contributed by atoms with Crippen LogP contribution in [-0.2, 0) is 19.6 Å². The molecule has 0 atom stereocenters. The fourth-order valence-electron chi connectivity index (χ4n) is 4.04. The number of para-hydroxylation sites is 1. The zero-order valence-electron chi connectivity index (χ0n) is 20.5. The summed E-state index contributed by atoms with van der Waals surface area (Å²) in [6.07, 6.45) is 0.237. The van der Waals surface area contributed by atoms with Crippen LogP contribution in [0.2, 0.25) is 0 Å². The van der Waals surface area contributed by atoms with Crippen molar-refractivity contribution in [2.75, 3.05) is 7.05 Å². The Morgan fingerprint density at radius 1 is 0.944 bits per heavy atom. The lowest BCUT2D eigenvalue weighted by Gasteiger charge is -2.09. The van der Waals surface area contributed by atoms with E-state index < -0.39 is 5.82 Å². The Hall–Kier alpha value is -4.26. The van der Waals surface area contributed by atoms with E-state index in [1.165, 1.54) is 6.07 Å². The van der Waals surface area contributed by atoms with E-state index in [9.17, 15) is 14.0 Å². The first-order chi connectivity index (χ1) is 17.4. The number of ketones is 1. The number of ether oxygens (including phenoxy) is 1. The number of hydrogen-bond acceptors (Lipinski definition) is 4. The van der Waals surface area contributed by atoms with Crippen molar-refractivity contribution in [1.29, 1.82) is 0 Å². The van der Waals surface area contributed by atoms with Crippen molar-refractivity contribution in [1.82, 2.24) is 15.1 Å². The Bertz CT molecular complexity index is 1390. The van der Waals surface area contributed by atoms with E-state index in [1.54, 1.807) is 43.4 Å². The number of amides is 1. The van der Waals surface area contributed by atoms with Crippen LogP contribution in [0.3, 0.4) is 0 Å². The van der Waals surface area contributed by atoms with Crippen molar-refractivity contribution in [2.24, 2.45) is 0 Å². The van der Waals surface area contributed by atoms with E-state index >= 15 is 0 Å². The minimum absolute atomic E-state index is 0.0102. The van der Waals surface area contributed by atoms with Crippen LogP contribution in [0.15, 0.2) is 72.8 Å². The lowest BCUT2D eigenvalue weighted by Crippen LogP contribution is -2.18. The van der Waals surface area contributed by atoms with Gasteiger partial charge in [0.25, 0.3) is 5.91 Å². The molecular formula is C29H28FN3O3. The van der Waals surface area contributed by atoms with E-state index in [0.29, 0.717) is 17.7 Å². The monoisotopic (exact) mass is 485 g/mol. The average Bonchev–Trinajstić information content (AvgIpc) is 3.15. The van der Waals surface area contributed by atoms with E-state index in [2.05, 4.69) is 10.4 Å². The summed E-state index contributed by atoms with van der Waals surface area (Å²) >= 11 is 0. The molecule has 1 N–H and O–H groups in total. The van der Waals surface area contributed by atoms with Crippen molar-refractivity contribution >= 4 is 11.7 Å². The minimum atomic E-state index is -0.408. The van der Waals surface area contributed by atoms with Crippen LogP contribution in [-0.4, -0.2) is 28.5 Å². The summed E-state index contributed by atoms with van der Waals surface area (Å²) in [5.41, 5.74) is 5.60. The summed E-state index contributed by atoms with van der Waals surface area (Å²) in [7, 11) is 1.60. The molecular weight excluding hydrogens is 457 g/mol. The molecule has 36 heavy (non-hydrogen) atoms. The molecule has 3 aromatic carbocycles. The van der Waals surface area contributed by atoms with Crippen molar-refractivity contribution in [3.63, 3.8) is 0 Å². The zero-order valence-corrected chi connectivity index (χ0v) is 20.5. The fraction of sp³-hybridized carbons (Fsp3) is 0.207. The number of aromatic nitrogens is 2. The molecule has 0 fully saturated rings. The van der Waals surface area contributed by atoms with Gasteiger partial charge in [-0.2, -0.15) is 5.10 Å². The lowest BCUT2D eigenvalue weighted by atomic mass is 10.0. The highest BCUT2D eigenvalue weighted by Gasteiger charge is 2.17. The first kappa shape index (κ1) is 24.9. The molecule has 4 rings (SSSR count). The van der Waals surface area contributed by atoms with Gasteiger partial charge in [0.15, 0.2) is 17.3 Å². The maximum Gasteiger partial charge on any atom is 0.251 e. The third-order valence-corrected chi connectivity index (χ3v) is 6.12. The summed E-state index contributed by atoms with van der Waals surface area (Å²) in [6.45, 7) is 4.56. The number of carbonyl (C=O) groups excluding carboxylic acids is 2. The second kappa shape index (κ2) is 11.0. The highest BCUT2D eigenvalue weighted by molar-refractivity contribution is 5.97. The summed E-state index contributed by atoms with van der Waals surface area (Å²) in [5.74, 6) is -0.360. The molecule has 4 aromatic rings. The summed E-state index contributed by atoms with van der Waals surface area (Å²) in [4.78, 5) is 25.0. The normalized spacial score (nSPS) is 10.8. The van der Waals surface area contributed by atoms with Crippen LogP contribution in [0.25, 0.3) is 0 Å². The predicted octanol–water partition coefficient (Wildman–Crippen LogP) is 5.05. The Labute approximate surface area is 209 Å². The molecule has 1 heterocycles. The number of hydrogen-bond donors (Lipinski definition) is 1. The van der Waals surface area contributed by atoms with Crippen LogP contribution in [0.1, 0.15) is 48.8 Å². The predicted molar refractivity (Wildman–Crippen MR) is 136 cm³/mol. The van der Waals surface area contributed by atoms with Gasteiger partial charge in [0, 0.05) is 35.9 Å². The van der Waals surface area contributed by atoms with Crippen molar-refractivity contribution < 1.29 is 18.7 Å². The van der Waals surface area contributed by atoms with Gasteiger partial charge < -0.3 is 10.1 Å². The quantitative estimate of drug-likeness (QED) is 0.337. The van der Waals surface area contributed by atoms with E-state index in [0.717, 1.165) is 28.1 Å². The van der Waals surface area contributed by atoms with Gasteiger partial charge in [-0.05, 0) is 49.2 Å². The summed E-state index contributed by atoms with van der Waals surface area (Å²) in [5, 5.41) is 7.27. The van der Waals surface area contributed by atoms with Gasteiger partial charge in [0.05, 0.1) is 12.2 Å². The number of aryl methyl sites for hydroxylation is 1. The molecule has 1 amide bonds. The molecule has 0 unspecified atom stereocenters. The number of halogens is 1. The SMILES string of the molecule is CNC(=O)c1cccc(Cn2nc(C)c(CC(=O)c3ccc(COc4ccccc4F)cc3)c2C)c1.